The van der Waals surface area contributed by atoms with Gasteiger partial charge in [-0.15, -0.1) is 0 Å². The molecule has 0 aromatic heterocycles. The summed E-state index contributed by atoms with van der Waals surface area (Å²) in [5.74, 6) is -2.54. The van der Waals surface area contributed by atoms with Crippen molar-refractivity contribution in [3.05, 3.63) is 35.4 Å². The molecule has 0 saturated carbocycles. The molecular weight excluding hydrogens is 240 g/mol. The summed E-state index contributed by atoms with van der Waals surface area (Å²) in [6, 6.07) is 2.78. The fraction of sp³-hybridized carbons (Fsp3) is 0.462. The number of halogens is 2. The molecule has 0 amide bonds. The van der Waals surface area contributed by atoms with Crippen LogP contribution in [0.5, 0.6) is 0 Å². The molecule has 0 bridgehead atoms. The van der Waals surface area contributed by atoms with Crippen LogP contribution in [0.1, 0.15) is 38.8 Å². The first-order valence-electron chi connectivity index (χ1n) is 5.62. The first-order chi connectivity index (χ1) is 8.20. The van der Waals surface area contributed by atoms with E-state index in [1.54, 1.807) is 20.8 Å². The Balaban J connectivity index is 2.74. The number of benzene rings is 1. The van der Waals surface area contributed by atoms with E-state index in [-0.39, 0.29) is 12.0 Å². The van der Waals surface area contributed by atoms with Crippen molar-refractivity contribution in [3.63, 3.8) is 0 Å². The van der Waals surface area contributed by atoms with Crippen LogP contribution >= 0.6 is 0 Å². The second-order valence-electron chi connectivity index (χ2n) is 5.04. The minimum atomic E-state index is -1.02. The van der Waals surface area contributed by atoms with Crippen LogP contribution in [0.2, 0.25) is 0 Å². The SMILES string of the molecule is CC(C)(C)OC(=O)C[C@H](N)c1cccc(F)c1F. The minimum absolute atomic E-state index is 0.0270. The van der Waals surface area contributed by atoms with E-state index >= 15 is 0 Å². The lowest BCUT2D eigenvalue weighted by Gasteiger charge is -2.21. The summed E-state index contributed by atoms with van der Waals surface area (Å²) in [5.41, 5.74) is 5.02. The number of rotatable bonds is 3. The van der Waals surface area contributed by atoms with Crippen LogP contribution in [0.3, 0.4) is 0 Å². The third-order valence-corrected chi connectivity index (χ3v) is 2.19. The van der Waals surface area contributed by atoms with E-state index in [1.165, 1.54) is 12.1 Å². The molecule has 1 aromatic carbocycles. The maximum absolute atomic E-state index is 13.4. The van der Waals surface area contributed by atoms with E-state index in [9.17, 15) is 13.6 Å². The first kappa shape index (κ1) is 14.6. The van der Waals surface area contributed by atoms with Crippen LogP contribution in [0.4, 0.5) is 8.78 Å². The molecule has 0 fully saturated rings. The maximum atomic E-state index is 13.4. The Hall–Kier alpha value is -1.49. The summed E-state index contributed by atoms with van der Waals surface area (Å²) in [4.78, 5) is 11.5. The number of carbonyl (C=O) groups excluding carboxylic acids is 1. The van der Waals surface area contributed by atoms with E-state index in [0.29, 0.717) is 0 Å². The Bertz CT molecular complexity index is 441. The second kappa shape index (κ2) is 5.44. The molecule has 0 unspecified atom stereocenters. The van der Waals surface area contributed by atoms with Gasteiger partial charge in [0.15, 0.2) is 11.6 Å². The van der Waals surface area contributed by atoms with Gasteiger partial charge in [0, 0.05) is 11.6 Å². The molecule has 1 atom stereocenters. The Morgan fingerprint density at radius 3 is 2.56 bits per heavy atom. The van der Waals surface area contributed by atoms with Gasteiger partial charge in [0.1, 0.15) is 5.60 Å². The van der Waals surface area contributed by atoms with Crippen LogP contribution in [-0.4, -0.2) is 11.6 Å². The molecular formula is C13H17F2NO2. The molecule has 0 aliphatic heterocycles. The predicted octanol–water partition coefficient (Wildman–Crippen LogP) is 2.70. The average molecular weight is 257 g/mol. The molecule has 5 heteroatoms. The molecule has 0 spiro atoms. The van der Waals surface area contributed by atoms with E-state index in [0.717, 1.165) is 6.07 Å². The van der Waals surface area contributed by atoms with E-state index < -0.39 is 29.2 Å². The van der Waals surface area contributed by atoms with Crippen molar-refractivity contribution in [2.75, 3.05) is 0 Å². The van der Waals surface area contributed by atoms with E-state index in [1.807, 2.05) is 0 Å². The Labute approximate surface area is 105 Å². The van der Waals surface area contributed by atoms with Crippen LogP contribution in [-0.2, 0) is 9.53 Å². The molecule has 3 nitrogen and oxygen atoms in total. The van der Waals surface area contributed by atoms with Gasteiger partial charge in [-0.3, -0.25) is 4.79 Å². The topological polar surface area (TPSA) is 52.3 Å². The van der Waals surface area contributed by atoms with Gasteiger partial charge in [-0.2, -0.15) is 0 Å². The van der Waals surface area contributed by atoms with Crippen molar-refractivity contribution in [1.82, 2.24) is 0 Å². The van der Waals surface area contributed by atoms with Crippen molar-refractivity contribution in [2.45, 2.75) is 38.8 Å². The van der Waals surface area contributed by atoms with Crippen molar-refractivity contribution in [3.8, 4) is 0 Å². The first-order valence-corrected chi connectivity index (χ1v) is 5.62. The summed E-state index contributed by atoms with van der Waals surface area (Å²) in [5, 5.41) is 0. The molecule has 0 saturated heterocycles. The fourth-order valence-electron chi connectivity index (χ4n) is 1.48. The van der Waals surface area contributed by atoms with Gasteiger partial charge in [-0.05, 0) is 26.8 Å². The minimum Gasteiger partial charge on any atom is -0.460 e. The average Bonchev–Trinajstić information content (AvgIpc) is 2.18. The quantitative estimate of drug-likeness (QED) is 0.847. The number of carbonyl (C=O) groups is 1. The number of esters is 1. The number of hydrogen-bond donors (Lipinski definition) is 1. The van der Waals surface area contributed by atoms with Crippen molar-refractivity contribution < 1.29 is 18.3 Å². The summed E-state index contributed by atoms with van der Waals surface area (Å²) in [6.07, 6.45) is -0.197. The third kappa shape index (κ3) is 4.07. The molecule has 1 rings (SSSR count). The van der Waals surface area contributed by atoms with Gasteiger partial charge < -0.3 is 10.5 Å². The molecule has 0 aliphatic rings. The van der Waals surface area contributed by atoms with E-state index in [4.69, 9.17) is 10.5 Å². The lowest BCUT2D eigenvalue weighted by Crippen LogP contribution is -2.27. The Kier molecular flexibility index (Phi) is 4.40. The lowest BCUT2D eigenvalue weighted by molar-refractivity contribution is -0.155. The predicted molar refractivity (Wildman–Crippen MR) is 63.7 cm³/mol. The van der Waals surface area contributed by atoms with Crippen molar-refractivity contribution in [2.24, 2.45) is 5.73 Å². The van der Waals surface area contributed by atoms with Crippen LogP contribution < -0.4 is 5.73 Å². The summed E-state index contributed by atoms with van der Waals surface area (Å²) >= 11 is 0. The molecule has 100 valence electrons. The van der Waals surface area contributed by atoms with Gasteiger partial charge in [-0.25, -0.2) is 8.78 Å². The molecule has 18 heavy (non-hydrogen) atoms. The monoisotopic (exact) mass is 257 g/mol. The van der Waals surface area contributed by atoms with Crippen molar-refractivity contribution >= 4 is 5.97 Å². The van der Waals surface area contributed by atoms with Crippen molar-refractivity contribution in [1.29, 1.82) is 0 Å². The summed E-state index contributed by atoms with van der Waals surface area (Å²) in [6.45, 7) is 5.16. The van der Waals surface area contributed by atoms with Gasteiger partial charge in [-0.1, -0.05) is 12.1 Å². The second-order valence-corrected chi connectivity index (χ2v) is 5.04. The number of nitrogens with two attached hydrogens (primary N) is 1. The third-order valence-electron chi connectivity index (χ3n) is 2.19. The maximum Gasteiger partial charge on any atom is 0.308 e. The number of ether oxygens (including phenoxy) is 1. The van der Waals surface area contributed by atoms with Crippen LogP contribution in [0, 0.1) is 11.6 Å². The number of hydrogen-bond acceptors (Lipinski definition) is 3. The normalized spacial score (nSPS) is 13.2. The summed E-state index contributed by atoms with van der Waals surface area (Å²) < 4.78 is 31.5. The molecule has 0 heterocycles. The largest absolute Gasteiger partial charge is 0.460 e. The van der Waals surface area contributed by atoms with Crippen LogP contribution in [0.15, 0.2) is 18.2 Å². The van der Waals surface area contributed by atoms with E-state index in [2.05, 4.69) is 0 Å². The van der Waals surface area contributed by atoms with Gasteiger partial charge in [0.25, 0.3) is 0 Å². The highest BCUT2D eigenvalue weighted by atomic mass is 19.2. The lowest BCUT2D eigenvalue weighted by atomic mass is 10.0. The Morgan fingerprint density at radius 1 is 1.39 bits per heavy atom. The molecule has 2 N–H and O–H groups in total. The zero-order chi connectivity index (χ0) is 13.9. The van der Waals surface area contributed by atoms with Gasteiger partial charge in [0.2, 0.25) is 0 Å². The van der Waals surface area contributed by atoms with Crippen LogP contribution in [0.25, 0.3) is 0 Å². The smallest absolute Gasteiger partial charge is 0.308 e. The fourth-order valence-corrected chi connectivity index (χ4v) is 1.48. The zero-order valence-electron chi connectivity index (χ0n) is 10.7. The highest BCUT2D eigenvalue weighted by molar-refractivity contribution is 5.70. The molecule has 1 aromatic rings. The highest BCUT2D eigenvalue weighted by Gasteiger charge is 2.21. The standard InChI is InChI=1S/C13H17F2NO2/c1-13(2,3)18-11(17)7-10(16)8-5-4-6-9(14)12(8)15/h4-6,10H,7,16H2,1-3H3/t10-/m0/s1. The van der Waals surface area contributed by atoms with Gasteiger partial charge in [0.05, 0.1) is 6.42 Å². The highest BCUT2D eigenvalue weighted by Crippen LogP contribution is 2.21. The van der Waals surface area contributed by atoms with Gasteiger partial charge >= 0.3 is 5.97 Å². The zero-order valence-corrected chi connectivity index (χ0v) is 10.7. The Morgan fingerprint density at radius 2 is 2.00 bits per heavy atom. The molecule has 0 aliphatic carbocycles. The molecule has 0 radical (unpaired) electrons. The summed E-state index contributed by atoms with van der Waals surface area (Å²) in [7, 11) is 0.